The van der Waals surface area contributed by atoms with Gasteiger partial charge in [-0.15, -0.1) is 0 Å². The molecule has 0 aromatic heterocycles. The van der Waals surface area contributed by atoms with Crippen molar-refractivity contribution >= 4 is 0 Å². The Kier molecular flexibility index (Phi) is 4.51. The van der Waals surface area contributed by atoms with Gasteiger partial charge in [0.25, 0.3) is 0 Å². The Morgan fingerprint density at radius 1 is 1.25 bits per heavy atom. The fraction of sp³-hybridized carbons (Fsp3) is 0.571. The van der Waals surface area contributed by atoms with Gasteiger partial charge in [0.2, 0.25) is 0 Å². The van der Waals surface area contributed by atoms with Crippen LogP contribution < -0.4 is 11.1 Å². The molecule has 0 fully saturated rings. The normalized spacial score (nSPS) is 11.8. The predicted molar refractivity (Wildman–Crippen MR) is 70.5 cm³/mol. The minimum absolute atomic E-state index is 0.178. The van der Waals surface area contributed by atoms with Crippen molar-refractivity contribution in [2.45, 2.75) is 34.2 Å². The molecule has 0 atom stereocenters. The average Bonchev–Trinajstić information content (AvgIpc) is 2.23. The van der Waals surface area contributed by atoms with Gasteiger partial charge in [-0.1, -0.05) is 37.6 Å². The largest absolute Gasteiger partial charge is 0.330 e. The number of aryl methyl sites for hydroxylation is 2. The summed E-state index contributed by atoms with van der Waals surface area (Å²) in [7, 11) is 0. The van der Waals surface area contributed by atoms with Gasteiger partial charge in [0.05, 0.1) is 0 Å². The SMILES string of the molecule is Cc1ccc(C)c(CNCC(C)(C)CN)c1. The second-order valence-corrected chi connectivity index (χ2v) is 5.40. The molecule has 0 spiro atoms. The Labute approximate surface area is 99.2 Å². The van der Waals surface area contributed by atoms with E-state index in [1.807, 2.05) is 0 Å². The van der Waals surface area contributed by atoms with E-state index in [0.29, 0.717) is 6.54 Å². The van der Waals surface area contributed by atoms with E-state index in [1.165, 1.54) is 16.7 Å². The first-order chi connectivity index (χ1) is 7.44. The molecule has 0 radical (unpaired) electrons. The van der Waals surface area contributed by atoms with Crippen LogP contribution in [0.5, 0.6) is 0 Å². The van der Waals surface area contributed by atoms with Crippen molar-refractivity contribution in [1.29, 1.82) is 0 Å². The monoisotopic (exact) mass is 220 g/mol. The van der Waals surface area contributed by atoms with Crippen LogP contribution >= 0.6 is 0 Å². The van der Waals surface area contributed by atoms with E-state index in [2.05, 4.69) is 51.2 Å². The molecular formula is C14H24N2. The highest BCUT2D eigenvalue weighted by Gasteiger charge is 2.14. The molecule has 2 heteroatoms. The van der Waals surface area contributed by atoms with Crippen molar-refractivity contribution in [2.24, 2.45) is 11.1 Å². The van der Waals surface area contributed by atoms with Crippen molar-refractivity contribution in [3.8, 4) is 0 Å². The molecule has 0 saturated heterocycles. The molecule has 1 aromatic carbocycles. The summed E-state index contributed by atoms with van der Waals surface area (Å²) < 4.78 is 0. The van der Waals surface area contributed by atoms with Crippen LogP contribution in [0.15, 0.2) is 18.2 Å². The van der Waals surface area contributed by atoms with Crippen LogP contribution in [-0.4, -0.2) is 13.1 Å². The van der Waals surface area contributed by atoms with Crippen LogP contribution in [0.3, 0.4) is 0 Å². The van der Waals surface area contributed by atoms with Crippen LogP contribution in [0, 0.1) is 19.3 Å². The molecule has 0 saturated carbocycles. The molecule has 1 rings (SSSR count). The summed E-state index contributed by atoms with van der Waals surface area (Å²) in [6.07, 6.45) is 0. The molecule has 16 heavy (non-hydrogen) atoms. The Morgan fingerprint density at radius 2 is 1.94 bits per heavy atom. The number of hydrogen-bond acceptors (Lipinski definition) is 2. The summed E-state index contributed by atoms with van der Waals surface area (Å²) in [5, 5.41) is 3.48. The third-order valence-electron chi connectivity index (χ3n) is 2.98. The van der Waals surface area contributed by atoms with E-state index < -0.39 is 0 Å². The highest BCUT2D eigenvalue weighted by Crippen LogP contribution is 2.13. The Balaban J connectivity index is 2.52. The van der Waals surface area contributed by atoms with Crippen LogP contribution in [-0.2, 0) is 6.54 Å². The molecular weight excluding hydrogens is 196 g/mol. The first-order valence-corrected chi connectivity index (χ1v) is 5.91. The Hall–Kier alpha value is -0.860. The van der Waals surface area contributed by atoms with Crippen molar-refractivity contribution in [2.75, 3.05) is 13.1 Å². The standard InChI is InChI=1S/C14H24N2/c1-11-5-6-12(2)13(7-11)8-16-10-14(3,4)9-15/h5-7,16H,8-10,15H2,1-4H3. The number of rotatable bonds is 5. The van der Waals surface area contributed by atoms with Gasteiger partial charge in [-0.05, 0) is 36.9 Å². The summed E-state index contributed by atoms with van der Waals surface area (Å²) in [4.78, 5) is 0. The van der Waals surface area contributed by atoms with Crippen LogP contribution in [0.25, 0.3) is 0 Å². The highest BCUT2D eigenvalue weighted by atomic mass is 14.9. The van der Waals surface area contributed by atoms with E-state index in [1.54, 1.807) is 0 Å². The van der Waals surface area contributed by atoms with Gasteiger partial charge in [0.15, 0.2) is 0 Å². The van der Waals surface area contributed by atoms with Crippen LogP contribution in [0.4, 0.5) is 0 Å². The zero-order chi connectivity index (χ0) is 12.2. The smallest absolute Gasteiger partial charge is 0.0208 e. The van der Waals surface area contributed by atoms with E-state index in [0.717, 1.165) is 13.1 Å². The van der Waals surface area contributed by atoms with Gasteiger partial charge in [-0.3, -0.25) is 0 Å². The zero-order valence-corrected chi connectivity index (χ0v) is 10.9. The maximum absolute atomic E-state index is 5.70. The molecule has 90 valence electrons. The number of hydrogen-bond donors (Lipinski definition) is 2. The molecule has 0 heterocycles. The molecule has 0 aliphatic rings. The summed E-state index contributed by atoms with van der Waals surface area (Å²) in [5.41, 5.74) is 9.93. The third-order valence-corrected chi connectivity index (χ3v) is 2.98. The van der Waals surface area contributed by atoms with Gasteiger partial charge >= 0.3 is 0 Å². The zero-order valence-electron chi connectivity index (χ0n) is 10.9. The van der Waals surface area contributed by atoms with Crippen molar-refractivity contribution in [3.63, 3.8) is 0 Å². The van der Waals surface area contributed by atoms with Crippen LogP contribution in [0.1, 0.15) is 30.5 Å². The minimum atomic E-state index is 0.178. The second kappa shape index (κ2) is 5.46. The van der Waals surface area contributed by atoms with Gasteiger partial charge in [-0.25, -0.2) is 0 Å². The lowest BCUT2D eigenvalue weighted by Crippen LogP contribution is -2.35. The second-order valence-electron chi connectivity index (χ2n) is 5.40. The lowest BCUT2D eigenvalue weighted by molar-refractivity contribution is 0.351. The van der Waals surface area contributed by atoms with Gasteiger partial charge in [0, 0.05) is 13.1 Å². The summed E-state index contributed by atoms with van der Waals surface area (Å²) >= 11 is 0. The fourth-order valence-corrected chi connectivity index (χ4v) is 1.60. The molecule has 1 aromatic rings. The quantitative estimate of drug-likeness (QED) is 0.799. The van der Waals surface area contributed by atoms with Crippen molar-refractivity contribution in [1.82, 2.24) is 5.32 Å². The molecule has 0 bridgehead atoms. The molecule has 0 amide bonds. The molecule has 0 unspecified atom stereocenters. The first kappa shape index (κ1) is 13.2. The summed E-state index contributed by atoms with van der Waals surface area (Å²) in [5.74, 6) is 0. The maximum Gasteiger partial charge on any atom is 0.0208 e. The number of benzene rings is 1. The maximum atomic E-state index is 5.70. The van der Waals surface area contributed by atoms with Gasteiger partial charge in [0.1, 0.15) is 0 Å². The van der Waals surface area contributed by atoms with Gasteiger partial charge in [-0.2, -0.15) is 0 Å². The Bertz CT molecular complexity index is 343. The Morgan fingerprint density at radius 3 is 2.56 bits per heavy atom. The average molecular weight is 220 g/mol. The first-order valence-electron chi connectivity index (χ1n) is 5.91. The molecule has 0 aliphatic heterocycles. The fourth-order valence-electron chi connectivity index (χ4n) is 1.60. The molecule has 3 N–H and O–H groups in total. The third kappa shape index (κ3) is 3.95. The number of nitrogens with two attached hydrogens (primary N) is 1. The predicted octanol–water partition coefficient (Wildman–Crippen LogP) is 2.38. The summed E-state index contributed by atoms with van der Waals surface area (Å²) in [6, 6.07) is 6.58. The van der Waals surface area contributed by atoms with Gasteiger partial charge < -0.3 is 11.1 Å². The van der Waals surface area contributed by atoms with Crippen molar-refractivity contribution < 1.29 is 0 Å². The molecule has 2 nitrogen and oxygen atoms in total. The minimum Gasteiger partial charge on any atom is -0.330 e. The van der Waals surface area contributed by atoms with E-state index in [-0.39, 0.29) is 5.41 Å². The topological polar surface area (TPSA) is 38.0 Å². The highest BCUT2D eigenvalue weighted by molar-refractivity contribution is 5.30. The molecule has 0 aliphatic carbocycles. The van der Waals surface area contributed by atoms with E-state index in [4.69, 9.17) is 5.73 Å². The van der Waals surface area contributed by atoms with Crippen LogP contribution in [0.2, 0.25) is 0 Å². The summed E-state index contributed by atoms with van der Waals surface area (Å²) in [6.45, 7) is 11.3. The number of nitrogens with one attached hydrogen (secondary N) is 1. The lowest BCUT2D eigenvalue weighted by atomic mass is 9.94. The van der Waals surface area contributed by atoms with E-state index >= 15 is 0 Å². The lowest BCUT2D eigenvalue weighted by Gasteiger charge is -2.23. The van der Waals surface area contributed by atoms with Crippen molar-refractivity contribution in [3.05, 3.63) is 34.9 Å². The van der Waals surface area contributed by atoms with E-state index in [9.17, 15) is 0 Å².